The monoisotopic (exact) mass is 269 g/mol. The van der Waals surface area contributed by atoms with Crippen molar-refractivity contribution in [3.05, 3.63) is 18.0 Å². The molecule has 106 valence electrons. The van der Waals surface area contributed by atoms with E-state index in [1.165, 1.54) is 16.9 Å². The number of carbonyl (C=O) groups is 2. The fraction of sp³-hybridized carbons (Fsp3) is 0.583. The number of carboxylic acids is 1. The van der Waals surface area contributed by atoms with Crippen molar-refractivity contribution in [2.75, 3.05) is 19.8 Å². The summed E-state index contributed by atoms with van der Waals surface area (Å²) in [6, 6.07) is 1.41. The summed E-state index contributed by atoms with van der Waals surface area (Å²) >= 11 is 0. The predicted octanol–water partition coefficient (Wildman–Crippen LogP) is 0.514. The number of nitrogens with zero attached hydrogens (tertiary/aromatic N) is 2. The summed E-state index contributed by atoms with van der Waals surface area (Å²) in [4.78, 5) is 22.3. The number of aromatic carboxylic acids is 1. The van der Waals surface area contributed by atoms with E-state index in [0.717, 1.165) is 6.42 Å². The molecule has 0 fully saturated rings. The molecule has 0 aliphatic rings. The minimum atomic E-state index is -1.05. The molecule has 0 radical (unpaired) electrons. The van der Waals surface area contributed by atoms with Crippen molar-refractivity contribution >= 4 is 11.9 Å². The van der Waals surface area contributed by atoms with Gasteiger partial charge in [0.15, 0.2) is 0 Å². The third-order valence-electron chi connectivity index (χ3n) is 2.48. The quantitative estimate of drug-likeness (QED) is 0.637. The maximum Gasteiger partial charge on any atom is 0.354 e. The first-order valence-corrected chi connectivity index (χ1v) is 6.24. The number of hydrogen-bond donors (Lipinski definition) is 2. The minimum absolute atomic E-state index is 0.0872. The van der Waals surface area contributed by atoms with Crippen LogP contribution in [0.4, 0.5) is 0 Å². The second kappa shape index (κ2) is 8.25. The van der Waals surface area contributed by atoms with Crippen LogP contribution in [-0.2, 0) is 16.1 Å². The van der Waals surface area contributed by atoms with Crippen LogP contribution in [0, 0.1) is 0 Å². The predicted molar refractivity (Wildman–Crippen MR) is 67.9 cm³/mol. The molecule has 0 spiro atoms. The minimum Gasteiger partial charge on any atom is -0.477 e. The molecule has 19 heavy (non-hydrogen) atoms. The van der Waals surface area contributed by atoms with Gasteiger partial charge in [0.1, 0.15) is 5.69 Å². The SMILES string of the molecule is CCOCCCNC(=O)CCn1nccc1C(=O)O. The van der Waals surface area contributed by atoms with Gasteiger partial charge in [0, 0.05) is 32.4 Å². The van der Waals surface area contributed by atoms with Gasteiger partial charge in [-0.3, -0.25) is 9.48 Å². The van der Waals surface area contributed by atoms with E-state index in [2.05, 4.69) is 10.4 Å². The standard InChI is InChI=1S/C12H19N3O4/c1-2-19-9-3-6-13-11(16)5-8-15-10(12(17)18)4-7-14-15/h4,7H,2-3,5-6,8-9H2,1H3,(H,13,16)(H,17,18). The number of carbonyl (C=O) groups excluding carboxylic acids is 1. The Kier molecular flexibility index (Phi) is 6.59. The van der Waals surface area contributed by atoms with Crippen LogP contribution in [0.2, 0.25) is 0 Å². The molecule has 0 aliphatic carbocycles. The zero-order chi connectivity index (χ0) is 14.1. The zero-order valence-corrected chi connectivity index (χ0v) is 11.0. The van der Waals surface area contributed by atoms with Gasteiger partial charge in [0.2, 0.25) is 5.91 Å². The van der Waals surface area contributed by atoms with E-state index in [-0.39, 0.29) is 24.6 Å². The topological polar surface area (TPSA) is 93.5 Å². The fourth-order valence-electron chi connectivity index (χ4n) is 1.53. The second-order valence-electron chi connectivity index (χ2n) is 3.90. The number of hydrogen-bond acceptors (Lipinski definition) is 4. The maximum atomic E-state index is 11.5. The Labute approximate surface area is 111 Å². The summed E-state index contributed by atoms with van der Waals surface area (Å²) < 4.78 is 6.45. The van der Waals surface area contributed by atoms with Crippen LogP contribution >= 0.6 is 0 Å². The van der Waals surface area contributed by atoms with Gasteiger partial charge < -0.3 is 15.2 Å². The Morgan fingerprint density at radius 2 is 2.32 bits per heavy atom. The van der Waals surface area contributed by atoms with E-state index in [1.807, 2.05) is 6.92 Å². The Bertz CT molecular complexity index is 417. The molecule has 0 saturated heterocycles. The molecule has 1 aromatic heterocycles. The van der Waals surface area contributed by atoms with Crippen molar-refractivity contribution in [3.8, 4) is 0 Å². The third kappa shape index (κ3) is 5.52. The van der Waals surface area contributed by atoms with Crippen LogP contribution in [-0.4, -0.2) is 46.5 Å². The van der Waals surface area contributed by atoms with Crippen LogP contribution < -0.4 is 5.32 Å². The highest BCUT2D eigenvalue weighted by Crippen LogP contribution is 2.00. The van der Waals surface area contributed by atoms with Crippen molar-refractivity contribution in [2.24, 2.45) is 0 Å². The molecule has 1 rings (SSSR count). The first kappa shape index (κ1) is 15.2. The highest BCUT2D eigenvalue weighted by molar-refractivity contribution is 5.85. The molecular formula is C12H19N3O4. The van der Waals surface area contributed by atoms with Crippen LogP contribution in [0.1, 0.15) is 30.3 Å². The van der Waals surface area contributed by atoms with Gasteiger partial charge in [-0.25, -0.2) is 4.79 Å². The molecule has 7 heteroatoms. The molecule has 0 aromatic carbocycles. The number of nitrogens with one attached hydrogen (secondary N) is 1. The lowest BCUT2D eigenvalue weighted by Gasteiger charge is -2.06. The van der Waals surface area contributed by atoms with E-state index in [9.17, 15) is 9.59 Å². The summed E-state index contributed by atoms with van der Waals surface area (Å²) in [5.74, 6) is -1.17. The van der Waals surface area contributed by atoms with E-state index in [1.54, 1.807) is 0 Å². The number of aromatic nitrogens is 2. The molecule has 0 atom stereocenters. The van der Waals surface area contributed by atoms with Crippen LogP contribution in [0.25, 0.3) is 0 Å². The zero-order valence-electron chi connectivity index (χ0n) is 11.0. The highest BCUT2D eigenvalue weighted by atomic mass is 16.5. The van der Waals surface area contributed by atoms with Gasteiger partial charge in [0.05, 0.1) is 6.54 Å². The molecule has 1 heterocycles. The third-order valence-corrected chi connectivity index (χ3v) is 2.48. The largest absolute Gasteiger partial charge is 0.477 e. The summed E-state index contributed by atoms with van der Waals surface area (Å²) in [5.41, 5.74) is 0.0872. The molecule has 2 N–H and O–H groups in total. The van der Waals surface area contributed by atoms with Gasteiger partial charge in [-0.05, 0) is 19.4 Å². The first-order valence-electron chi connectivity index (χ1n) is 6.24. The van der Waals surface area contributed by atoms with E-state index >= 15 is 0 Å². The number of ether oxygens (including phenoxy) is 1. The molecule has 0 aliphatic heterocycles. The van der Waals surface area contributed by atoms with Crippen LogP contribution in [0.15, 0.2) is 12.3 Å². The molecule has 0 bridgehead atoms. The van der Waals surface area contributed by atoms with E-state index < -0.39 is 5.97 Å². The maximum absolute atomic E-state index is 11.5. The van der Waals surface area contributed by atoms with Gasteiger partial charge in [-0.15, -0.1) is 0 Å². The van der Waals surface area contributed by atoms with E-state index in [0.29, 0.717) is 19.8 Å². The smallest absolute Gasteiger partial charge is 0.354 e. The van der Waals surface area contributed by atoms with E-state index in [4.69, 9.17) is 9.84 Å². The highest BCUT2D eigenvalue weighted by Gasteiger charge is 2.10. The fourth-order valence-corrected chi connectivity index (χ4v) is 1.53. The number of rotatable bonds is 9. The van der Waals surface area contributed by atoms with Crippen LogP contribution in [0.5, 0.6) is 0 Å². The number of amides is 1. The summed E-state index contributed by atoms with van der Waals surface area (Å²) in [6.45, 7) is 4.03. The lowest BCUT2D eigenvalue weighted by atomic mass is 10.3. The van der Waals surface area contributed by atoms with Crippen molar-refractivity contribution < 1.29 is 19.4 Å². The van der Waals surface area contributed by atoms with Crippen molar-refractivity contribution in [1.82, 2.24) is 15.1 Å². The average molecular weight is 269 g/mol. The Morgan fingerprint density at radius 1 is 1.53 bits per heavy atom. The molecule has 0 unspecified atom stereocenters. The second-order valence-corrected chi connectivity index (χ2v) is 3.90. The molecule has 1 amide bonds. The lowest BCUT2D eigenvalue weighted by Crippen LogP contribution is -2.26. The van der Waals surface area contributed by atoms with Crippen LogP contribution in [0.3, 0.4) is 0 Å². The van der Waals surface area contributed by atoms with Gasteiger partial charge in [-0.2, -0.15) is 5.10 Å². The van der Waals surface area contributed by atoms with Crippen molar-refractivity contribution in [3.63, 3.8) is 0 Å². The summed E-state index contributed by atoms with van der Waals surface area (Å²) in [7, 11) is 0. The summed E-state index contributed by atoms with van der Waals surface area (Å²) in [6.07, 6.45) is 2.38. The molecule has 1 aromatic rings. The first-order chi connectivity index (χ1) is 9.15. The number of carboxylic acid groups (broad SMARTS) is 1. The Hall–Kier alpha value is -1.89. The Morgan fingerprint density at radius 3 is 3.00 bits per heavy atom. The van der Waals surface area contributed by atoms with Crippen molar-refractivity contribution in [2.45, 2.75) is 26.3 Å². The number of aryl methyl sites for hydroxylation is 1. The molecule has 0 saturated carbocycles. The lowest BCUT2D eigenvalue weighted by molar-refractivity contribution is -0.121. The molecular weight excluding hydrogens is 250 g/mol. The molecule has 7 nitrogen and oxygen atoms in total. The normalized spacial score (nSPS) is 10.4. The Balaban J connectivity index is 2.22. The van der Waals surface area contributed by atoms with Crippen molar-refractivity contribution in [1.29, 1.82) is 0 Å². The average Bonchev–Trinajstić information content (AvgIpc) is 2.84. The summed E-state index contributed by atoms with van der Waals surface area (Å²) in [5, 5.41) is 15.5. The van der Waals surface area contributed by atoms with Gasteiger partial charge in [-0.1, -0.05) is 0 Å². The van der Waals surface area contributed by atoms with Gasteiger partial charge in [0.25, 0.3) is 0 Å². The van der Waals surface area contributed by atoms with Gasteiger partial charge >= 0.3 is 5.97 Å².